The second-order valence-electron chi connectivity index (χ2n) is 12.4. The molecule has 5 nitrogen and oxygen atoms in total. The minimum Gasteiger partial charge on any atom is -0.309 e. The highest BCUT2D eigenvalue weighted by molar-refractivity contribution is 6.32. The second kappa shape index (κ2) is 10.2. The SMILES string of the molecule is N#Cc1ccc(-n2c3ccccc3c3c2ccc2c4ccc5c(c6c(C#N)cccc6n5-c5ccccc5)c4n(-c4ccccc4)c23)cc1. The minimum atomic E-state index is 0.631. The zero-order valence-electron chi connectivity index (χ0n) is 26.2. The molecule has 0 saturated heterocycles. The number of nitriles is 2. The summed E-state index contributed by atoms with van der Waals surface area (Å²) >= 11 is 0. The molecule has 10 aromatic rings. The summed E-state index contributed by atoms with van der Waals surface area (Å²) in [6.07, 6.45) is 0. The third kappa shape index (κ3) is 3.67. The summed E-state index contributed by atoms with van der Waals surface area (Å²) in [6.45, 7) is 0. The van der Waals surface area contributed by atoms with E-state index in [1.165, 1.54) is 0 Å². The van der Waals surface area contributed by atoms with Gasteiger partial charge in [-0.2, -0.15) is 10.5 Å². The van der Waals surface area contributed by atoms with Gasteiger partial charge in [-0.1, -0.05) is 72.8 Å². The van der Waals surface area contributed by atoms with E-state index in [1.807, 2.05) is 48.5 Å². The summed E-state index contributed by atoms with van der Waals surface area (Å²) in [6, 6.07) is 57.0. The number of nitrogens with zero attached hydrogens (tertiary/aromatic N) is 5. The quantitative estimate of drug-likeness (QED) is 0.197. The Balaban J connectivity index is 1.47. The van der Waals surface area contributed by atoms with Crippen LogP contribution in [0.2, 0.25) is 0 Å². The summed E-state index contributed by atoms with van der Waals surface area (Å²) in [5, 5.41) is 26.6. The number of rotatable bonds is 3. The number of hydrogen-bond acceptors (Lipinski definition) is 2. The number of aromatic nitrogens is 3. The van der Waals surface area contributed by atoms with Gasteiger partial charge in [-0.25, -0.2) is 0 Å². The third-order valence-electron chi connectivity index (χ3n) is 9.88. The van der Waals surface area contributed by atoms with Crippen molar-refractivity contribution in [2.24, 2.45) is 0 Å². The fourth-order valence-corrected chi connectivity index (χ4v) is 7.93. The van der Waals surface area contributed by atoms with Crippen LogP contribution in [0.3, 0.4) is 0 Å². The van der Waals surface area contributed by atoms with Gasteiger partial charge in [0.1, 0.15) is 0 Å². The Morgan fingerprint density at radius 1 is 0.347 bits per heavy atom. The van der Waals surface area contributed by atoms with E-state index in [-0.39, 0.29) is 0 Å². The fourth-order valence-electron chi connectivity index (χ4n) is 7.93. The maximum absolute atomic E-state index is 10.5. The van der Waals surface area contributed by atoms with Crippen LogP contribution in [0, 0.1) is 22.7 Å². The average molecular weight is 624 g/mol. The maximum Gasteiger partial charge on any atom is 0.0999 e. The van der Waals surface area contributed by atoms with Crippen LogP contribution in [-0.4, -0.2) is 13.7 Å². The topological polar surface area (TPSA) is 62.4 Å². The van der Waals surface area contributed by atoms with E-state index in [1.54, 1.807) is 0 Å². The van der Waals surface area contributed by atoms with Crippen LogP contribution in [0.4, 0.5) is 0 Å². The molecule has 0 unspecified atom stereocenters. The van der Waals surface area contributed by atoms with E-state index in [0.717, 1.165) is 82.5 Å². The largest absolute Gasteiger partial charge is 0.309 e. The molecule has 10 rings (SSSR count). The van der Waals surface area contributed by atoms with E-state index in [0.29, 0.717) is 11.1 Å². The van der Waals surface area contributed by atoms with Crippen molar-refractivity contribution in [3.8, 4) is 29.2 Å². The first-order valence-corrected chi connectivity index (χ1v) is 16.2. The van der Waals surface area contributed by atoms with Gasteiger partial charge in [-0.3, -0.25) is 0 Å². The first-order valence-electron chi connectivity index (χ1n) is 16.2. The molecule has 0 aliphatic heterocycles. The summed E-state index contributed by atoms with van der Waals surface area (Å²) in [7, 11) is 0. The summed E-state index contributed by atoms with van der Waals surface area (Å²) in [5.41, 5.74) is 10.8. The molecule has 0 spiro atoms. The number of benzene rings is 7. The zero-order valence-corrected chi connectivity index (χ0v) is 26.2. The number of hydrogen-bond donors (Lipinski definition) is 0. The van der Waals surface area contributed by atoms with Crippen LogP contribution in [0.25, 0.3) is 82.5 Å². The molecule has 0 amide bonds. The van der Waals surface area contributed by atoms with Crippen molar-refractivity contribution >= 4 is 65.4 Å². The van der Waals surface area contributed by atoms with Crippen LogP contribution in [0.1, 0.15) is 11.1 Å². The van der Waals surface area contributed by atoms with Crippen molar-refractivity contribution in [3.63, 3.8) is 0 Å². The molecule has 0 saturated carbocycles. The lowest BCUT2D eigenvalue weighted by atomic mass is 10.0. The Kier molecular flexibility index (Phi) is 5.64. The molecule has 0 aliphatic rings. The summed E-state index contributed by atoms with van der Waals surface area (Å²) in [5.74, 6) is 0. The monoisotopic (exact) mass is 623 g/mol. The van der Waals surface area contributed by atoms with Gasteiger partial charge >= 0.3 is 0 Å². The molecule has 0 aliphatic carbocycles. The molecular formula is C44H25N5. The molecule has 226 valence electrons. The summed E-state index contributed by atoms with van der Waals surface area (Å²) in [4.78, 5) is 0. The van der Waals surface area contributed by atoms with E-state index in [4.69, 9.17) is 0 Å². The smallest absolute Gasteiger partial charge is 0.0999 e. The van der Waals surface area contributed by atoms with E-state index >= 15 is 0 Å². The molecule has 49 heavy (non-hydrogen) atoms. The Hall–Kier alpha value is -7.08. The standard InChI is InChI=1S/C44H25N5/c45-26-28-18-20-32(21-19-28)47-36-16-8-7-15-35(36)41-38(47)24-22-33-34-23-25-39-42(44(34)49(43(33)41)31-13-5-2-6-14-31)40-29(27-46)10-9-17-37(40)48(39)30-11-3-1-4-12-30/h1-25H. The predicted octanol–water partition coefficient (Wildman–Crippen LogP) is 10.7. The van der Waals surface area contributed by atoms with Gasteiger partial charge in [0, 0.05) is 49.4 Å². The molecule has 3 heterocycles. The average Bonchev–Trinajstić information content (AvgIpc) is 3.81. The van der Waals surface area contributed by atoms with Gasteiger partial charge in [0.15, 0.2) is 0 Å². The van der Waals surface area contributed by atoms with Gasteiger partial charge < -0.3 is 13.7 Å². The van der Waals surface area contributed by atoms with Crippen LogP contribution in [-0.2, 0) is 0 Å². The second-order valence-corrected chi connectivity index (χ2v) is 12.4. The minimum absolute atomic E-state index is 0.631. The van der Waals surface area contributed by atoms with Crippen LogP contribution in [0.5, 0.6) is 0 Å². The molecule has 0 bridgehead atoms. The molecule has 7 aromatic carbocycles. The van der Waals surface area contributed by atoms with Gasteiger partial charge in [0.25, 0.3) is 0 Å². The Morgan fingerprint density at radius 2 is 0.878 bits per heavy atom. The van der Waals surface area contributed by atoms with Crippen molar-refractivity contribution in [2.45, 2.75) is 0 Å². The van der Waals surface area contributed by atoms with Crippen LogP contribution < -0.4 is 0 Å². The lowest BCUT2D eigenvalue weighted by molar-refractivity contribution is 1.17. The normalized spacial score (nSPS) is 11.6. The van der Waals surface area contributed by atoms with Crippen molar-refractivity contribution in [3.05, 3.63) is 163 Å². The molecule has 0 atom stereocenters. The third-order valence-corrected chi connectivity index (χ3v) is 9.88. The number of para-hydroxylation sites is 3. The highest BCUT2D eigenvalue weighted by atomic mass is 15.0. The van der Waals surface area contributed by atoms with Crippen molar-refractivity contribution < 1.29 is 0 Å². The van der Waals surface area contributed by atoms with Gasteiger partial charge in [0.05, 0.1) is 56.4 Å². The van der Waals surface area contributed by atoms with Crippen LogP contribution in [0.15, 0.2) is 152 Å². The van der Waals surface area contributed by atoms with Crippen molar-refractivity contribution in [2.75, 3.05) is 0 Å². The Bertz CT molecular complexity index is 3040. The molecule has 0 N–H and O–H groups in total. The van der Waals surface area contributed by atoms with Crippen molar-refractivity contribution in [1.82, 2.24) is 13.7 Å². The number of fused-ring (bicyclic) bond motifs is 11. The Morgan fingerprint density at radius 3 is 1.55 bits per heavy atom. The first kappa shape index (κ1) is 27.1. The molecule has 0 radical (unpaired) electrons. The lowest BCUT2D eigenvalue weighted by Crippen LogP contribution is -1.96. The zero-order chi connectivity index (χ0) is 32.6. The summed E-state index contributed by atoms with van der Waals surface area (Å²) < 4.78 is 6.99. The molecule has 3 aromatic heterocycles. The van der Waals surface area contributed by atoms with E-state index < -0.39 is 0 Å². The highest BCUT2D eigenvalue weighted by Gasteiger charge is 2.25. The predicted molar refractivity (Wildman–Crippen MR) is 199 cm³/mol. The van der Waals surface area contributed by atoms with Crippen molar-refractivity contribution in [1.29, 1.82) is 10.5 Å². The van der Waals surface area contributed by atoms with E-state index in [9.17, 15) is 10.5 Å². The molecular weight excluding hydrogens is 599 g/mol. The van der Waals surface area contributed by atoms with Gasteiger partial charge in [-0.05, 0) is 78.9 Å². The fraction of sp³-hybridized carbons (Fsp3) is 0. The first-order chi connectivity index (χ1) is 24.3. The maximum atomic E-state index is 10.5. The molecule has 0 fully saturated rings. The Labute approximate surface area is 280 Å². The van der Waals surface area contributed by atoms with Crippen LogP contribution >= 0.6 is 0 Å². The van der Waals surface area contributed by atoms with Gasteiger partial charge in [0.2, 0.25) is 0 Å². The van der Waals surface area contributed by atoms with E-state index in [2.05, 4.69) is 129 Å². The van der Waals surface area contributed by atoms with Gasteiger partial charge in [-0.15, -0.1) is 0 Å². The molecule has 5 heteroatoms. The lowest BCUT2D eigenvalue weighted by Gasteiger charge is -2.11. The highest BCUT2D eigenvalue weighted by Crippen LogP contribution is 2.46.